The summed E-state index contributed by atoms with van der Waals surface area (Å²) < 4.78 is 2.83. The standard InChI is InChI=1S/C22H23BrN4O2/c1-4-24-21(28)17-7-5-16(6-8-17)13-25-22(29)18-9-11-19(12-10-18)27-15(3)20(23)14(2)26-27/h5-12H,4,13H2,1-3H3,(H,24,28)(H,25,29). The molecule has 0 saturated carbocycles. The molecule has 0 aliphatic rings. The van der Waals surface area contributed by atoms with E-state index in [0.717, 1.165) is 27.1 Å². The van der Waals surface area contributed by atoms with Gasteiger partial charge in [-0.15, -0.1) is 0 Å². The first-order valence-corrected chi connectivity index (χ1v) is 10.2. The van der Waals surface area contributed by atoms with Gasteiger partial charge in [-0.2, -0.15) is 5.10 Å². The van der Waals surface area contributed by atoms with Crippen LogP contribution >= 0.6 is 15.9 Å². The number of carbonyl (C=O) groups is 2. The smallest absolute Gasteiger partial charge is 0.251 e. The molecule has 0 aliphatic heterocycles. The lowest BCUT2D eigenvalue weighted by molar-refractivity contribution is 0.0943. The summed E-state index contributed by atoms with van der Waals surface area (Å²) in [6.45, 7) is 6.79. The monoisotopic (exact) mass is 454 g/mol. The summed E-state index contributed by atoms with van der Waals surface area (Å²) in [5.41, 5.74) is 4.93. The molecule has 0 unspecified atom stereocenters. The van der Waals surface area contributed by atoms with Gasteiger partial charge in [0.2, 0.25) is 0 Å². The number of benzene rings is 2. The largest absolute Gasteiger partial charge is 0.352 e. The van der Waals surface area contributed by atoms with Gasteiger partial charge in [0.15, 0.2) is 0 Å². The van der Waals surface area contributed by atoms with Crippen LogP contribution in [-0.2, 0) is 6.54 Å². The number of nitrogens with one attached hydrogen (secondary N) is 2. The van der Waals surface area contributed by atoms with Crippen LogP contribution in [-0.4, -0.2) is 28.1 Å². The Labute approximate surface area is 178 Å². The van der Waals surface area contributed by atoms with Gasteiger partial charge in [0, 0.05) is 24.2 Å². The minimum absolute atomic E-state index is 0.0992. The van der Waals surface area contributed by atoms with Crippen molar-refractivity contribution in [2.75, 3.05) is 6.54 Å². The molecule has 7 heteroatoms. The number of aryl methyl sites for hydroxylation is 1. The van der Waals surface area contributed by atoms with Crippen LogP contribution in [0, 0.1) is 13.8 Å². The highest BCUT2D eigenvalue weighted by molar-refractivity contribution is 9.10. The summed E-state index contributed by atoms with van der Waals surface area (Å²) in [6, 6.07) is 14.5. The van der Waals surface area contributed by atoms with Crippen molar-refractivity contribution in [2.45, 2.75) is 27.3 Å². The molecule has 150 valence electrons. The third kappa shape index (κ3) is 4.74. The van der Waals surface area contributed by atoms with Crippen LogP contribution in [0.3, 0.4) is 0 Å². The Bertz CT molecular complexity index is 1020. The lowest BCUT2D eigenvalue weighted by atomic mass is 10.1. The van der Waals surface area contributed by atoms with E-state index in [-0.39, 0.29) is 11.8 Å². The van der Waals surface area contributed by atoms with Crippen LogP contribution in [0.1, 0.15) is 44.6 Å². The van der Waals surface area contributed by atoms with Crippen molar-refractivity contribution in [3.8, 4) is 5.69 Å². The summed E-state index contributed by atoms with van der Waals surface area (Å²) >= 11 is 3.53. The zero-order valence-electron chi connectivity index (χ0n) is 16.6. The fourth-order valence-electron chi connectivity index (χ4n) is 2.95. The van der Waals surface area contributed by atoms with Gasteiger partial charge in [-0.3, -0.25) is 9.59 Å². The van der Waals surface area contributed by atoms with E-state index in [1.165, 1.54) is 0 Å². The van der Waals surface area contributed by atoms with Crippen LogP contribution < -0.4 is 10.6 Å². The zero-order valence-corrected chi connectivity index (χ0v) is 18.2. The maximum Gasteiger partial charge on any atom is 0.251 e. The Hall–Kier alpha value is -2.93. The number of carbonyl (C=O) groups excluding carboxylic acids is 2. The Morgan fingerprint density at radius 2 is 1.48 bits per heavy atom. The molecule has 2 aromatic carbocycles. The summed E-state index contributed by atoms with van der Waals surface area (Å²) in [5.74, 6) is -0.253. The second-order valence-corrected chi connectivity index (χ2v) is 7.48. The maximum atomic E-state index is 12.4. The number of hydrogen-bond donors (Lipinski definition) is 2. The summed E-state index contributed by atoms with van der Waals surface area (Å²) in [5, 5.41) is 10.2. The number of rotatable bonds is 6. The van der Waals surface area contributed by atoms with Crippen LogP contribution in [0.15, 0.2) is 53.0 Å². The summed E-state index contributed by atoms with van der Waals surface area (Å²) in [7, 11) is 0. The molecule has 0 radical (unpaired) electrons. The normalized spacial score (nSPS) is 10.6. The molecule has 3 rings (SSSR count). The van der Waals surface area contributed by atoms with Crippen molar-refractivity contribution < 1.29 is 9.59 Å². The summed E-state index contributed by atoms with van der Waals surface area (Å²) in [4.78, 5) is 24.2. The Morgan fingerprint density at radius 1 is 0.931 bits per heavy atom. The van der Waals surface area contributed by atoms with Crippen molar-refractivity contribution in [3.05, 3.63) is 81.1 Å². The molecule has 29 heavy (non-hydrogen) atoms. The van der Waals surface area contributed by atoms with Gasteiger partial charge in [0.1, 0.15) is 0 Å². The predicted octanol–water partition coefficient (Wildman–Crippen LogP) is 3.93. The highest BCUT2D eigenvalue weighted by Gasteiger charge is 2.11. The average Bonchev–Trinajstić information content (AvgIpc) is 3.00. The van der Waals surface area contributed by atoms with E-state index in [1.807, 2.05) is 49.7 Å². The van der Waals surface area contributed by atoms with Crippen molar-refractivity contribution in [1.29, 1.82) is 0 Å². The molecule has 1 heterocycles. The minimum atomic E-state index is -0.154. The van der Waals surface area contributed by atoms with Gasteiger partial charge < -0.3 is 10.6 Å². The van der Waals surface area contributed by atoms with E-state index in [1.54, 1.807) is 24.3 Å². The maximum absolute atomic E-state index is 12.4. The highest BCUT2D eigenvalue weighted by Crippen LogP contribution is 2.23. The Kier molecular flexibility index (Phi) is 6.49. The molecular weight excluding hydrogens is 432 g/mol. The van der Waals surface area contributed by atoms with Crippen LogP contribution in [0.2, 0.25) is 0 Å². The lowest BCUT2D eigenvalue weighted by Gasteiger charge is -2.08. The topological polar surface area (TPSA) is 76.0 Å². The Balaban J connectivity index is 1.62. The van der Waals surface area contributed by atoms with Crippen LogP contribution in [0.25, 0.3) is 5.69 Å². The molecule has 1 aromatic heterocycles. The van der Waals surface area contributed by atoms with Crippen molar-refractivity contribution in [2.24, 2.45) is 0 Å². The van der Waals surface area contributed by atoms with E-state index >= 15 is 0 Å². The van der Waals surface area contributed by atoms with Gasteiger partial charge in [0.05, 0.1) is 21.5 Å². The molecule has 2 amide bonds. The molecule has 0 spiro atoms. The minimum Gasteiger partial charge on any atom is -0.352 e. The molecule has 0 bridgehead atoms. The SMILES string of the molecule is CCNC(=O)c1ccc(CNC(=O)c2ccc(-n3nc(C)c(Br)c3C)cc2)cc1. The second-order valence-electron chi connectivity index (χ2n) is 6.68. The summed E-state index contributed by atoms with van der Waals surface area (Å²) in [6.07, 6.45) is 0. The van der Waals surface area contributed by atoms with Crippen molar-refractivity contribution in [3.63, 3.8) is 0 Å². The Morgan fingerprint density at radius 3 is 2.00 bits per heavy atom. The van der Waals surface area contributed by atoms with E-state index in [0.29, 0.717) is 24.2 Å². The molecule has 0 saturated heterocycles. The third-order valence-corrected chi connectivity index (χ3v) is 5.73. The quantitative estimate of drug-likeness (QED) is 0.592. The zero-order chi connectivity index (χ0) is 21.0. The predicted molar refractivity (Wildman–Crippen MR) is 116 cm³/mol. The molecule has 2 N–H and O–H groups in total. The lowest BCUT2D eigenvalue weighted by Crippen LogP contribution is -2.24. The first kappa shape index (κ1) is 20.8. The van der Waals surface area contributed by atoms with E-state index < -0.39 is 0 Å². The van der Waals surface area contributed by atoms with Gasteiger partial charge in [-0.1, -0.05) is 12.1 Å². The third-order valence-electron chi connectivity index (χ3n) is 4.58. The first-order chi connectivity index (χ1) is 13.9. The molecule has 0 fully saturated rings. The van der Waals surface area contributed by atoms with E-state index in [9.17, 15) is 9.59 Å². The van der Waals surface area contributed by atoms with E-state index in [4.69, 9.17) is 0 Å². The fraction of sp³-hybridized carbons (Fsp3) is 0.227. The molecule has 3 aromatic rings. The van der Waals surface area contributed by atoms with Gasteiger partial charge in [-0.25, -0.2) is 4.68 Å². The molecular formula is C22H23BrN4O2. The van der Waals surface area contributed by atoms with Gasteiger partial charge in [-0.05, 0) is 78.7 Å². The van der Waals surface area contributed by atoms with Gasteiger partial charge >= 0.3 is 0 Å². The highest BCUT2D eigenvalue weighted by atomic mass is 79.9. The fourth-order valence-corrected chi connectivity index (χ4v) is 3.20. The van der Waals surface area contributed by atoms with Crippen LogP contribution in [0.5, 0.6) is 0 Å². The van der Waals surface area contributed by atoms with E-state index in [2.05, 4.69) is 31.7 Å². The number of amides is 2. The van der Waals surface area contributed by atoms with Crippen LogP contribution in [0.4, 0.5) is 0 Å². The number of hydrogen-bond acceptors (Lipinski definition) is 3. The number of aromatic nitrogens is 2. The van der Waals surface area contributed by atoms with Gasteiger partial charge in [0.25, 0.3) is 11.8 Å². The number of halogens is 1. The second kappa shape index (κ2) is 9.05. The first-order valence-electron chi connectivity index (χ1n) is 9.38. The molecule has 6 nitrogen and oxygen atoms in total. The molecule has 0 atom stereocenters. The van der Waals surface area contributed by atoms with Crippen molar-refractivity contribution >= 4 is 27.7 Å². The average molecular weight is 455 g/mol. The number of nitrogens with zero attached hydrogens (tertiary/aromatic N) is 2. The van der Waals surface area contributed by atoms with Crippen molar-refractivity contribution in [1.82, 2.24) is 20.4 Å². The molecule has 0 aliphatic carbocycles.